The van der Waals surface area contributed by atoms with E-state index in [1.165, 1.54) is 12.5 Å². The van der Waals surface area contributed by atoms with Crippen molar-refractivity contribution in [3.05, 3.63) is 24.2 Å². The van der Waals surface area contributed by atoms with Gasteiger partial charge in [-0.15, -0.1) is 0 Å². The normalized spacial score (nSPS) is 25.5. The number of nitrogens with zero attached hydrogens (tertiary/aromatic N) is 2. The van der Waals surface area contributed by atoms with Crippen LogP contribution < -0.4 is 5.32 Å². The SMILES string of the molecule is CNC(=O)CN1CCOCC2(CCCN(C(=O)c3ccoc3)C2)C1. The van der Waals surface area contributed by atoms with Crippen molar-refractivity contribution in [2.24, 2.45) is 5.41 Å². The van der Waals surface area contributed by atoms with Crippen LogP contribution in [0.1, 0.15) is 23.2 Å². The van der Waals surface area contributed by atoms with E-state index in [2.05, 4.69) is 10.2 Å². The molecule has 1 N–H and O–H groups in total. The van der Waals surface area contributed by atoms with Crippen LogP contribution in [0.3, 0.4) is 0 Å². The van der Waals surface area contributed by atoms with Gasteiger partial charge in [-0.05, 0) is 18.9 Å². The molecular formula is C17H25N3O4. The number of carbonyl (C=O) groups is 2. The lowest BCUT2D eigenvalue weighted by Gasteiger charge is -2.43. The van der Waals surface area contributed by atoms with Crippen molar-refractivity contribution in [1.29, 1.82) is 0 Å². The van der Waals surface area contributed by atoms with Crippen molar-refractivity contribution in [2.45, 2.75) is 12.8 Å². The van der Waals surface area contributed by atoms with Gasteiger partial charge in [0.15, 0.2) is 0 Å². The fourth-order valence-electron chi connectivity index (χ4n) is 3.70. The summed E-state index contributed by atoms with van der Waals surface area (Å²) in [6, 6.07) is 1.70. The Kier molecular flexibility index (Phi) is 5.20. The first-order valence-electron chi connectivity index (χ1n) is 8.44. The highest BCUT2D eigenvalue weighted by Gasteiger charge is 2.40. The van der Waals surface area contributed by atoms with Gasteiger partial charge in [-0.1, -0.05) is 0 Å². The van der Waals surface area contributed by atoms with Gasteiger partial charge < -0.3 is 19.4 Å². The second-order valence-electron chi connectivity index (χ2n) is 6.78. The summed E-state index contributed by atoms with van der Waals surface area (Å²) in [5.41, 5.74) is 0.478. The Bertz CT molecular complexity index is 574. The molecule has 3 heterocycles. The van der Waals surface area contributed by atoms with E-state index in [0.717, 1.165) is 32.5 Å². The number of likely N-dealkylation sites (tertiary alicyclic amines) is 1. The van der Waals surface area contributed by atoms with Crippen LogP contribution in [0, 0.1) is 5.41 Å². The zero-order valence-electron chi connectivity index (χ0n) is 14.1. The summed E-state index contributed by atoms with van der Waals surface area (Å²) in [5.74, 6) is 0.0131. The van der Waals surface area contributed by atoms with Crippen molar-refractivity contribution in [2.75, 3.05) is 53.0 Å². The molecule has 0 bridgehead atoms. The van der Waals surface area contributed by atoms with Gasteiger partial charge in [0.1, 0.15) is 6.26 Å². The maximum Gasteiger partial charge on any atom is 0.257 e. The molecule has 3 rings (SSSR count). The Hall–Kier alpha value is -1.86. The highest BCUT2D eigenvalue weighted by molar-refractivity contribution is 5.93. The molecule has 1 atom stereocenters. The fraction of sp³-hybridized carbons (Fsp3) is 0.647. The Morgan fingerprint density at radius 2 is 2.21 bits per heavy atom. The number of hydrogen-bond acceptors (Lipinski definition) is 5. The van der Waals surface area contributed by atoms with Crippen molar-refractivity contribution in [3.63, 3.8) is 0 Å². The first-order valence-corrected chi connectivity index (χ1v) is 8.44. The third-order valence-electron chi connectivity index (χ3n) is 4.88. The third-order valence-corrected chi connectivity index (χ3v) is 4.88. The number of carbonyl (C=O) groups excluding carboxylic acids is 2. The van der Waals surface area contributed by atoms with Crippen LogP contribution in [-0.4, -0.2) is 74.6 Å². The van der Waals surface area contributed by atoms with Crippen LogP contribution in [0.15, 0.2) is 23.0 Å². The predicted molar refractivity (Wildman–Crippen MR) is 87.6 cm³/mol. The number of ether oxygens (including phenoxy) is 1. The monoisotopic (exact) mass is 335 g/mol. The summed E-state index contributed by atoms with van der Waals surface area (Å²) in [7, 11) is 1.65. The van der Waals surface area contributed by atoms with E-state index in [-0.39, 0.29) is 17.2 Å². The van der Waals surface area contributed by atoms with Gasteiger partial charge in [-0.2, -0.15) is 0 Å². The van der Waals surface area contributed by atoms with Crippen LogP contribution in [0.2, 0.25) is 0 Å². The van der Waals surface area contributed by atoms with Gasteiger partial charge in [-0.3, -0.25) is 14.5 Å². The Morgan fingerprint density at radius 1 is 1.33 bits per heavy atom. The molecule has 1 unspecified atom stereocenters. The van der Waals surface area contributed by atoms with Gasteiger partial charge >= 0.3 is 0 Å². The molecule has 1 aromatic rings. The topological polar surface area (TPSA) is 75.0 Å². The molecule has 2 amide bonds. The Morgan fingerprint density at radius 3 is 2.96 bits per heavy atom. The molecule has 0 radical (unpaired) electrons. The molecular weight excluding hydrogens is 310 g/mol. The van der Waals surface area contributed by atoms with E-state index >= 15 is 0 Å². The van der Waals surface area contributed by atoms with Crippen molar-refractivity contribution < 1.29 is 18.7 Å². The molecule has 7 heteroatoms. The maximum atomic E-state index is 12.6. The van der Waals surface area contributed by atoms with Gasteiger partial charge in [0, 0.05) is 38.6 Å². The second-order valence-corrected chi connectivity index (χ2v) is 6.78. The van der Waals surface area contributed by atoms with Crippen molar-refractivity contribution in [3.8, 4) is 0 Å². The number of amides is 2. The first kappa shape index (κ1) is 17.0. The molecule has 0 aliphatic carbocycles. The number of nitrogens with one attached hydrogen (secondary N) is 1. The van der Waals surface area contributed by atoms with E-state index in [1.54, 1.807) is 13.1 Å². The van der Waals surface area contributed by atoms with E-state index in [4.69, 9.17) is 9.15 Å². The number of piperidine rings is 1. The largest absolute Gasteiger partial charge is 0.472 e. The Labute approximate surface area is 141 Å². The average Bonchev–Trinajstić information content (AvgIpc) is 3.06. The van der Waals surface area contributed by atoms with E-state index < -0.39 is 0 Å². The number of furan rings is 1. The summed E-state index contributed by atoms with van der Waals surface area (Å²) in [4.78, 5) is 28.4. The zero-order chi connectivity index (χ0) is 17.0. The van der Waals surface area contributed by atoms with Crippen LogP contribution >= 0.6 is 0 Å². The van der Waals surface area contributed by atoms with E-state index in [0.29, 0.717) is 31.9 Å². The Balaban J connectivity index is 1.70. The second kappa shape index (κ2) is 7.36. The molecule has 132 valence electrons. The lowest BCUT2D eigenvalue weighted by molar-refractivity contribution is -0.122. The van der Waals surface area contributed by atoms with Crippen LogP contribution in [-0.2, 0) is 9.53 Å². The van der Waals surface area contributed by atoms with Crippen LogP contribution in [0.25, 0.3) is 0 Å². The number of hydrogen-bond donors (Lipinski definition) is 1. The molecule has 1 spiro atoms. The van der Waals surface area contributed by atoms with Gasteiger partial charge in [-0.25, -0.2) is 0 Å². The predicted octanol–water partition coefficient (Wildman–Crippen LogP) is 0.580. The fourth-order valence-corrected chi connectivity index (χ4v) is 3.70. The van der Waals surface area contributed by atoms with Crippen LogP contribution in [0.4, 0.5) is 0 Å². The maximum absolute atomic E-state index is 12.6. The zero-order valence-corrected chi connectivity index (χ0v) is 14.1. The quantitative estimate of drug-likeness (QED) is 0.875. The lowest BCUT2D eigenvalue weighted by Crippen LogP contribution is -2.53. The third kappa shape index (κ3) is 3.79. The highest BCUT2D eigenvalue weighted by Crippen LogP contribution is 2.33. The van der Waals surface area contributed by atoms with Gasteiger partial charge in [0.25, 0.3) is 5.91 Å². The van der Waals surface area contributed by atoms with Crippen molar-refractivity contribution >= 4 is 11.8 Å². The molecule has 2 aliphatic rings. The summed E-state index contributed by atoms with van der Waals surface area (Å²) < 4.78 is 10.9. The standard InChI is InChI=1S/C17H25N3O4/c1-18-15(21)9-19-6-8-24-13-17(11-19)4-2-5-20(12-17)16(22)14-3-7-23-10-14/h3,7,10H,2,4-6,8-9,11-13H2,1H3,(H,18,21). The molecule has 0 saturated carbocycles. The molecule has 24 heavy (non-hydrogen) atoms. The summed E-state index contributed by atoms with van der Waals surface area (Å²) >= 11 is 0. The molecule has 7 nitrogen and oxygen atoms in total. The molecule has 2 saturated heterocycles. The minimum atomic E-state index is -0.109. The van der Waals surface area contributed by atoms with Crippen LogP contribution in [0.5, 0.6) is 0 Å². The smallest absolute Gasteiger partial charge is 0.257 e. The first-order chi connectivity index (χ1) is 11.6. The summed E-state index contributed by atoms with van der Waals surface area (Å²) in [6.07, 6.45) is 4.96. The van der Waals surface area contributed by atoms with E-state index in [9.17, 15) is 9.59 Å². The number of likely N-dealkylation sites (N-methyl/N-ethyl adjacent to an activating group) is 1. The summed E-state index contributed by atoms with van der Waals surface area (Å²) in [5, 5.41) is 2.67. The molecule has 2 aliphatic heterocycles. The molecule has 1 aromatic heterocycles. The van der Waals surface area contributed by atoms with Gasteiger partial charge in [0.2, 0.25) is 5.91 Å². The average molecular weight is 335 g/mol. The lowest BCUT2D eigenvalue weighted by atomic mass is 9.80. The highest BCUT2D eigenvalue weighted by atomic mass is 16.5. The molecule has 2 fully saturated rings. The molecule has 0 aromatic carbocycles. The summed E-state index contributed by atoms with van der Waals surface area (Å²) in [6.45, 7) is 4.54. The van der Waals surface area contributed by atoms with Gasteiger partial charge in [0.05, 0.1) is 31.6 Å². The number of rotatable bonds is 3. The van der Waals surface area contributed by atoms with E-state index in [1.807, 2.05) is 4.90 Å². The minimum Gasteiger partial charge on any atom is -0.472 e. The van der Waals surface area contributed by atoms with Crippen molar-refractivity contribution in [1.82, 2.24) is 15.1 Å². The minimum absolute atomic E-state index is 0.00456.